The maximum absolute atomic E-state index is 12.0. The molecule has 0 aromatic heterocycles. The first-order valence-corrected chi connectivity index (χ1v) is 7.69. The van der Waals surface area contributed by atoms with Gasteiger partial charge in [0.2, 0.25) is 5.91 Å². The van der Waals surface area contributed by atoms with Gasteiger partial charge in [0.05, 0.1) is 6.54 Å². The SMILES string of the molecule is CCCCN(CC)CC(=O)Nc1ccc(C(C)C)cc1. The van der Waals surface area contributed by atoms with E-state index in [0.717, 1.165) is 31.6 Å². The van der Waals surface area contributed by atoms with Gasteiger partial charge in [-0.05, 0) is 43.1 Å². The minimum Gasteiger partial charge on any atom is -0.325 e. The average molecular weight is 276 g/mol. The molecular weight excluding hydrogens is 248 g/mol. The van der Waals surface area contributed by atoms with E-state index < -0.39 is 0 Å². The third-order valence-corrected chi connectivity index (χ3v) is 3.50. The summed E-state index contributed by atoms with van der Waals surface area (Å²) in [5.41, 5.74) is 2.17. The molecule has 3 nitrogen and oxygen atoms in total. The van der Waals surface area contributed by atoms with Crippen LogP contribution in [0.5, 0.6) is 0 Å². The molecule has 0 saturated carbocycles. The summed E-state index contributed by atoms with van der Waals surface area (Å²) < 4.78 is 0. The summed E-state index contributed by atoms with van der Waals surface area (Å²) in [6, 6.07) is 8.12. The summed E-state index contributed by atoms with van der Waals surface area (Å²) in [5.74, 6) is 0.588. The van der Waals surface area contributed by atoms with Crippen LogP contribution in [0.4, 0.5) is 5.69 Å². The van der Waals surface area contributed by atoms with Gasteiger partial charge in [0.25, 0.3) is 0 Å². The lowest BCUT2D eigenvalue weighted by Crippen LogP contribution is -2.33. The molecule has 1 amide bonds. The van der Waals surface area contributed by atoms with E-state index in [1.807, 2.05) is 12.1 Å². The van der Waals surface area contributed by atoms with Crippen LogP contribution in [0, 0.1) is 0 Å². The zero-order chi connectivity index (χ0) is 15.0. The Morgan fingerprint density at radius 1 is 1.20 bits per heavy atom. The summed E-state index contributed by atoms with van der Waals surface area (Å²) in [6.07, 6.45) is 2.30. The lowest BCUT2D eigenvalue weighted by molar-refractivity contribution is -0.117. The number of carbonyl (C=O) groups is 1. The monoisotopic (exact) mass is 276 g/mol. The number of nitrogens with zero attached hydrogens (tertiary/aromatic N) is 1. The molecule has 0 heterocycles. The van der Waals surface area contributed by atoms with E-state index in [0.29, 0.717) is 12.5 Å². The van der Waals surface area contributed by atoms with Gasteiger partial charge in [-0.3, -0.25) is 9.69 Å². The lowest BCUT2D eigenvalue weighted by Gasteiger charge is -2.19. The van der Waals surface area contributed by atoms with Crippen molar-refractivity contribution in [3.63, 3.8) is 0 Å². The molecule has 0 aliphatic carbocycles. The molecule has 0 unspecified atom stereocenters. The van der Waals surface area contributed by atoms with Gasteiger partial charge in [0.1, 0.15) is 0 Å². The predicted molar refractivity (Wildman–Crippen MR) is 86.2 cm³/mol. The van der Waals surface area contributed by atoms with E-state index in [2.05, 4.69) is 50.0 Å². The van der Waals surface area contributed by atoms with Crippen molar-refractivity contribution >= 4 is 11.6 Å². The van der Waals surface area contributed by atoms with Gasteiger partial charge in [-0.2, -0.15) is 0 Å². The molecular formula is C17H28N2O. The lowest BCUT2D eigenvalue weighted by atomic mass is 10.0. The van der Waals surface area contributed by atoms with Crippen LogP contribution >= 0.6 is 0 Å². The van der Waals surface area contributed by atoms with Crippen LogP contribution in [-0.2, 0) is 4.79 Å². The van der Waals surface area contributed by atoms with Crippen LogP contribution in [-0.4, -0.2) is 30.4 Å². The van der Waals surface area contributed by atoms with E-state index in [4.69, 9.17) is 0 Å². The van der Waals surface area contributed by atoms with E-state index in [9.17, 15) is 4.79 Å². The summed E-state index contributed by atoms with van der Waals surface area (Å²) in [5, 5.41) is 2.97. The Balaban J connectivity index is 2.48. The van der Waals surface area contributed by atoms with Gasteiger partial charge in [-0.25, -0.2) is 0 Å². The van der Waals surface area contributed by atoms with Gasteiger partial charge >= 0.3 is 0 Å². The Bertz CT molecular complexity index is 398. The molecule has 1 N–H and O–H groups in total. The molecule has 1 aromatic carbocycles. The first-order valence-electron chi connectivity index (χ1n) is 7.69. The van der Waals surface area contributed by atoms with Crippen molar-refractivity contribution in [1.82, 2.24) is 4.90 Å². The molecule has 3 heteroatoms. The van der Waals surface area contributed by atoms with Crippen molar-refractivity contribution in [2.24, 2.45) is 0 Å². The van der Waals surface area contributed by atoms with Gasteiger partial charge in [-0.1, -0.05) is 46.2 Å². The zero-order valence-electron chi connectivity index (χ0n) is 13.3. The number of hydrogen-bond acceptors (Lipinski definition) is 2. The average Bonchev–Trinajstić information content (AvgIpc) is 2.43. The Morgan fingerprint density at radius 3 is 2.35 bits per heavy atom. The fraction of sp³-hybridized carbons (Fsp3) is 0.588. The van der Waals surface area contributed by atoms with Gasteiger partial charge in [0, 0.05) is 5.69 Å². The molecule has 0 aliphatic rings. The second kappa shape index (κ2) is 8.75. The summed E-state index contributed by atoms with van der Waals surface area (Å²) in [7, 11) is 0. The van der Waals surface area contributed by atoms with Crippen LogP contribution in [0.3, 0.4) is 0 Å². The molecule has 112 valence electrons. The smallest absolute Gasteiger partial charge is 0.238 e. The number of carbonyl (C=O) groups excluding carboxylic acids is 1. The second-order valence-corrected chi connectivity index (χ2v) is 5.55. The van der Waals surface area contributed by atoms with E-state index in [-0.39, 0.29) is 5.91 Å². The van der Waals surface area contributed by atoms with Crippen LogP contribution in [0.1, 0.15) is 52.0 Å². The number of amides is 1. The quantitative estimate of drug-likeness (QED) is 0.781. The molecule has 20 heavy (non-hydrogen) atoms. The van der Waals surface area contributed by atoms with Crippen LogP contribution in [0.25, 0.3) is 0 Å². The maximum Gasteiger partial charge on any atom is 0.238 e. The third-order valence-electron chi connectivity index (χ3n) is 3.50. The Kier molecular flexibility index (Phi) is 7.31. The number of nitrogens with one attached hydrogen (secondary N) is 1. The molecule has 0 spiro atoms. The highest BCUT2D eigenvalue weighted by Gasteiger charge is 2.09. The topological polar surface area (TPSA) is 32.3 Å². The molecule has 0 atom stereocenters. The molecule has 1 rings (SSSR count). The normalized spacial score (nSPS) is 11.1. The summed E-state index contributed by atoms with van der Waals surface area (Å²) >= 11 is 0. The van der Waals surface area contributed by atoms with Gasteiger partial charge in [0.15, 0.2) is 0 Å². The van der Waals surface area contributed by atoms with Crippen LogP contribution in [0.2, 0.25) is 0 Å². The summed E-state index contributed by atoms with van der Waals surface area (Å²) in [4.78, 5) is 14.2. The molecule has 0 saturated heterocycles. The van der Waals surface area contributed by atoms with Crippen LogP contribution in [0.15, 0.2) is 24.3 Å². The highest BCUT2D eigenvalue weighted by Crippen LogP contribution is 2.17. The molecule has 0 radical (unpaired) electrons. The van der Waals surface area contributed by atoms with E-state index >= 15 is 0 Å². The second-order valence-electron chi connectivity index (χ2n) is 5.55. The van der Waals surface area contributed by atoms with Crippen LogP contribution < -0.4 is 5.32 Å². The fourth-order valence-electron chi connectivity index (χ4n) is 2.09. The maximum atomic E-state index is 12.0. The third kappa shape index (κ3) is 5.74. The van der Waals surface area contributed by atoms with Crippen molar-refractivity contribution in [2.45, 2.75) is 46.5 Å². The highest BCUT2D eigenvalue weighted by molar-refractivity contribution is 5.92. The number of likely N-dealkylation sites (N-methyl/N-ethyl adjacent to an activating group) is 1. The molecule has 0 bridgehead atoms. The van der Waals surface area contributed by atoms with Crippen molar-refractivity contribution in [3.8, 4) is 0 Å². The number of unbranched alkanes of at least 4 members (excludes halogenated alkanes) is 1. The van der Waals surface area contributed by atoms with Crippen molar-refractivity contribution in [2.75, 3.05) is 25.0 Å². The van der Waals surface area contributed by atoms with Gasteiger partial charge < -0.3 is 5.32 Å². The first kappa shape index (κ1) is 16.7. The van der Waals surface area contributed by atoms with Gasteiger partial charge in [-0.15, -0.1) is 0 Å². The Labute approximate surface area is 123 Å². The molecule has 0 fully saturated rings. The minimum absolute atomic E-state index is 0.0697. The largest absolute Gasteiger partial charge is 0.325 e. The Morgan fingerprint density at radius 2 is 1.85 bits per heavy atom. The van der Waals surface area contributed by atoms with E-state index in [1.54, 1.807) is 0 Å². The first-order chi connectivity index (χ1) is 9.56. The minimum atomic E-state index is 0.0697. The van der Waals surface area contributed by atoms with Crippen molar-refractivity contribution < 1.29 is 4.79 Å². The zero-order valence-corrected chi connectivity index (χ0v) is 13.3. The molecule has 0 aliphatic heterocycles. The number of hydrogen-bond donors (Lipinski definition) is 1. The van der Waals surface area contributed by atoms with E-state index in [1.165, 1.54) is 5.56 Å². The standard InChI is InChI=1S/C17H28N2O/c1-5-7-12-19(6-2)13-17(20)18-16-10-8-15(9-11-16)14(3)4/h8-11,14H,5-7,12-13H2,1-4H3,(H,18,20). The summed E-state index contributed by atoms with van der Waals surface area (Å²) in [6.45, 7) is 11.0. The van der Waals surface area contributed by atoms with Crippen molar-refractivity contribution in [1.29, 1.82) is 0 Å². The fourth-order valence-corrected chi connectivity index (χ4v) is 2.09. The number of anilines is 1. The van der Waals surface area contributed by atoms with Crippen molar-refractivity contribution in [3.05, 3.63) is 29.8 Å². The number of rotatable bonds is 8. The molecule has 1 aromatic rings. The highest BCUT2D eigenvalue weighted by atomic mass is 16.2. The number of benzene rings is 1. The predicted octanol–water partition coefficient (Wildman–Crippen LogP) is 3.87. The Hall–Kier alpha value is -1.35.